The Balaban J connectivity index is 5.16. The van der Waals surface area contributed by atoms with Crippen molar-refractivity contribution in [1.82, 2.24) is 0 Å². The number of unbranched alkanes of at least 4 members (excludes halogenated alkanes) is 29. The monoisotopic (exact) mass is 1130 g/mol. The van der Waals surface area contributed by atoms with Crippen LogP contribution < -0.4 is 0 Å². The molecule has 0 aliphatic carbocycles. The second-order valence-electron chi connectivity index (χ2n) is 21.2. The summed E-state index contributed by atoms with van der Waals surface area (Å²) in [5.41, 5.74) is 0. The average molecular weight is 1130 g/mol. The summed E-state index contributed by atoms with van der Waals surface area (Å²) >= 11 is 0. The van der Waals surface area contributed by atoms with E-state index in [-0.39, 0.29) is 25.7 Å². The fourth-order valence-electron chi connectivity index (χ4n) is 8.34. The van der Waals surface area contributed by atoms with Crippen molar-refractivity contribution in [3.63, 3.8) is 0 Å². The van der Waals surface area contributed by atoms with Gasteiger partial charge in [0.2, 0.25) is 0 Å². The summed E-state index contributed by atoms with van der Waals surface area (Å²) in [6.07, 6.45) is 32.4. The van der Waals surface area contributed by atoms with Crippen molar-refractivity contribution in [2.24, 2.45) is 5.92 Å². The van der Waals surface area contributed by atoms with Gasteiger partial charge in [0.15, 0.2) is 12.2 Å². The Bertz CT molecular complexity index is 1500. The van der Waals surface area contributed by atoms with Crippen LogP contribution in [0.5, 0.6) is 0 Å². The van der Waals surface area contributed by atoms with Crippen LogP contribution in [0.2, 0.25) is 0 Å². The maximum atomic E-state index is 12.9. The molecule has 3 N–H and O–H groups in total. The molecule has 0 heterocycles. The lowest BCUT2D eigenvalue weighted by Gasteiger charge is -2.21. The summed E-state index contributed by atoms with van der Waals surface area (Å²) in [6, 6.07) is 0. The molecule has 5 atom stereocenters. The maximum Gasteiger partial charge on any atom is 0.472 e. The van der Waals surface area contributed by atoms with Gasteiger partial charge in [-0.05, 0) is 31.6 Å². The van der Waals surface area contributed by atoms with E-state index in [1.807, 2.05) is 0 Å². The first kappa shape index (κ1) is 74.1. The Kier molecular flexibility index (Phi) is 49.9. The third-order valence-corrected chi connectivity index (χ3v) is 14.9. The number of hydrogen-bond donors (Lipinski definition) is 3. The fourth-order valence-corrected chi connectivity index (χ4v) is 9.92. The number of phosphoric ester groups is 2. The number of carbonyl (C=O) groups is 4. The zero-order valence-corrected chi connectivity index (χ0v) is 50.2. The highest BCUT2D eigenvalue weighted by atomic mass is 31.2. The summed E-state index contributed by atoms with van der Waals surface area (Å²) in [6.45, 7) is 7.03. The minimum atomic E-state index is -4.93. The summed E-state index contributed by atoms with van der Waals surface area (Å²) in [5.74, 6) is -1.39. The molecule has 0 aliphatic rings. The van der Waals surface area contributed by atoms with E-state index in [1.54, 1.807) is 0 Å². The largest absolute Gasteiger partial charge is 0.472 e. The minimum Gasteiger partial charge on any atom is -0.462 e. The number of hydrogen-bond acceptors (Lipinski definition) is 15. The molecule has 0 aromatic carbocycles. The summed E-state index contributed by atoms with van der Waals surface area (Å²) in [5, 5.41) is 10.5. The van der Waals surface area contributed by atoms with Crippen LogP contribution in [-0.2, 0) is 65.4 Å². The highest BCUT2D eigenvalue weighted by Crippen LogP contribution is 2.45. The Hall–Kier alpha value is -1.94. The van der Waals surface area contributed by atoms with E-state index in [4.69, 9.17) is 37.0 Å². The zero-order valence-electron chi connectivity index (χ0n) is 48.4. The highest BCUT2D eigenvalue weighted by molar-refractivity contribution is 7.47. The van der Waals surface area contributed by atoms with Gasteiger partial charge < -0.3 is 33.8 Å². The number of esters is 4. The van der Waals surface area contributed by atoms with Crippen LogP contribution in [0.3, 0.4) is 0 Å². The lowest BCUT2D eigenvalue weighted by atomic mass is 10.0. The fraction of sp³-hybridized carbons (Fsp3) is 0.930. The predicted molar refractivity (Wildman–Crippen MR) is 298 cm³/mol. The molecule has 0 aromatic heterocycles. The molecule has 0 aromatic rings. The molecule has 0 spiro atoms. The Morgan fingerprint density at radius 1 is 0.355 bits per heavy atom. The van der Waals surface area contributed by atoms with Crippen molar-refractivity contribution in [2.45, 2.75) is 297 Å². The number of carbonyl (C=O) groups excluding carboxylic acids is 4. The van der Waals surface area contributed by atoms with E-state index >= 15 is 0 Å². The predicted octanol–water partition coefficient (Wildman–Crippen LogP) is 15.1. The van der Waals surface area contributed by atoms with E-state index < -0.39 is 97.5 Å². The van der Waals surface area contributed by atoms with Crippen molar-refractivity contribution in [1.29, 1.82) is 0 Å². The third-order valence-electron chi connectivity index (χ3n) is 13.0. The van der Waals surface area contributed by atoms with Crippen molar-refractivity contribution in [2.75, 3.05) is 39.6 Å². The van der Waals surface area contributed by atoms with Gasteiger partial charge >= 0.3 is 39.5 Å². The molecule has 450 valence electrons. The molecule has 0 amide bonds. The van der Waals surface area contributed by atoms with E-state index in [0.717, 1.165) is 128 Å². The number of rotatable bonds is 57. The van der Waals surface area contributed by atoms with Crippen LogP contribution in [-0.4, -0.2) is 96.7 Å². The first-order valence-corrected chi connectivity index (χ1v) is 33.1. The van der Waals surface area contributed by atoms with Gasteiger partial charge in [-0.2, -0.15) is 0 Å². The van der Waals surface area contributed by atoms with Crippen molar-refractivity contribution >= 4 is 39.5 Å². The van der Waals surface area contributed by atoms with E-state index in [1.165, 1.54) is 70.6 Å². The minimum absolute atomic E-state index is 0.103. The number of aliphatic hydroxyl groups is 1. The molecule has 0 saturated carbocycles. The molecule has 19 heteroatoms. The van der Waals surface area contributed by atoms with Gasteiger partial charge in [0.05, 0.1) is 26.4 Å². The van der Waals surface area contributed by atoms with Crippen LogP contribution in [0.15, 0.2) is 0 Å². The molecule has 0 fully saturated rings. The van der Waals surface area contributed by atoms with Crippen LogP contribution >= 0.6 is 15.6 Å². The molecular weight excluding hydrogens is 1020 g/mol. The average Bonchev–Trinajstić information content (AvgIpc) is 3.38. The number of aliphatic hydroxyl groups excluding tert-OH is 1. The smallest absolute Gasteiger partial charge is 0.462 e. The molecule has 17 nitrogen and oxygen atoms in total. The topological polar surface area (TPSA) is 237 Å². The van der Waals surface area contributed by atoms with Crippen LogP contribution in [0.25, 0.3) is 0 Å². The van der Waals surface area contributed by atoms with Crippen LogP contribution in [0.4, 0.5) is 0 Å². The van der Waals surface area contributed by atoms with Crippen LogP contribution in [0.1, 0.15) is 279 Å². The lowest BCUT2D eigenvalue weighted by molar-refractivity contribution is -0.161. The van der Waals surface area contributed by atoms with Crippen LogP contribution in [0, 0.1) is 5.92 Å². The summed E-state index contributed by atoms with van der Waals surface area (Å²) < 4.78 is 67.4. The van der Waals surface area contributed by atoms with Crippen molar-refractivity contribution in [3.05, 3.63) is 0 Å². The van der Waals surface area contributed by atoms with Gasteiger partial charge in [0, 0.05) is 25.7 Å². The SMILES string of the molecule is CCCCCCCCCCC(=O)OC[C@H](COP(=O)(O)OC[C@@H](O)COP(=O)(O)OC[C@@H](COC(=O)CCCCCCCCC)OC(=O)CCCCCCCCC)OC(=O)CCCCCCCCCCCCCC(C)C. The van der Waals surface area contributed by atoms with Gasteiger partial charge in [0.1, 0.15) is 19.3 Å². The standard InChI is InChI=1S/C57H110O17P2/c1-6-9-12-15-18-27-31-36-41-55(60)68-47-53(74-57(62)43-38-33-28-23-21-19-20-22-26-29-34-39-50(4)5)49-72-76(65,66)70-45-51(58)44-69-75(63,64)71-48-52(73-56(61)42-37-32-25-17-14-11-8-3)46-67-54(59)40-35-30-24-16-13-10-7-2/h50-53,58H,6-49H2,1-5H3,(H,63,64)(H,65,66)/t51-,52+,53+/m0/s1. The second-order valence-corrected chi connectivity index (χ2v) is 24.1. The quantitative estimate of drug-likeness (QED) is 0.0222. The summed E-state index contributed by atoms with van der Waals surface area (Å²) in [7, 11) is -9.86. The molecule has 0 aliphatic heterocycles. The van der Waals surface area contributed by atoms with E-state index in [9.17, 15) is 43.2 Å². The van der Waals surface area contributed by atoms with Gasteiger partial charge in [-0.3, -0.25) is 37.3 Å². The lowest BCUT2D eigenvalue weighted by Crippen LogP contribution is -2.30. The molecule has 2 unspecified atom stereocenters. The normalized spacial score (nSPS) is 14.4. The molecule has 0 radical (unpaired) electrons. The van der Waals surface area contributed by atoms with Crippen molar-refractivity contribution < 1.29 is 80.2 Å². The first-order valence-electron chi connectivity index (χ1n) is 30.1. The molecule has 0 saturated heterocycles. The molecule has 76 heavy (non-hydrogen) atoms. The number of phosphoric acid groups is 2. The molecular formula is C57H110O17P2. The second kappa shape index (κ2) is 51.2. The highest BCUT2D eigenvalue weighted by Gasteiger charge is 2.30. The van der Waals surface area contributed by atoms with Gasteiger partial charge in [-0.25, -0.2) is 9.13 Å². The first-order chi connectivity index (χ1) is 36.5. The maximum absolute atomic E-state index is 12.9. The Morgan fingerprint density at radius 2 is 0.605 bits per heavy atom. The van der Waals surface area contributed by atoms with E-state index in [2.05, 4.69) is 34.6 Å². The summed E-state index contributed by atoms with van der Waals surface area (Å²) in [4.78, 5) is 71.6. The zero-order chi connectivity index (χ0) is 56.4. The molecule has 0 rings (SSSR count). The van der Waals surface area contributed by atoms with Gasteiger partial charge in [0.25, 0.3) is 0 Å². The van der Waals surface area contributed by atoms with E-state index in [0.29, 0.717) is 25.7 Å². The Morgan fingerprint density at radius 3 is 0.895 bits per heavy atom. The van der Waals surface area contributed by atoms with Gasteiger partial charge in [-0.15, -0.1) is 0 Å². The Labute approximate surface area is 460 Å². The third kappa shape index (κ3) is 51.5. The molecule has 0 bridgehead atoms. The van der Waals surface area contributed by atoms with Crippen molar-refractivity contribution in [3.8, 4) is 0 Å². The number of ether oxygens (including phenoxy) is 4. The van der Waals surface area contributed by atoms with Gasteiger partial charge in [-0.1, -0.05) is 227 Å².